The lowest BCUT2D eigenvalue weighted by atomic mass is 10.1. The van der Waals surface area contributed by atoms with E-state index < -0.39 is 10.0 Å². The van der Waals surface area contributed by atoms with E-state index in [1.807, 2.05) is 0 Å². The van der Waals surface area contributed by atoms with E-state index in [0.717, 1.165) is 5.69 Å². The number of carbonyl (C=O) groups excluding carboxylic acids is 1. The van der Waals surface area contributed by atoms with Crippen LogP contribution in [0.5, 0.6) is 0 Å². The summed E-state index contributed by atoms with van der Waals surface area (Å²) in [6.45, 7) is 7.74. The fraction of sp³-hybridized carbons (Fsp3) is 0.611. The second kappa shape index (κ2) is 11.6. The lowest BCUT2D eigenvalue weighted by molar-refractivity contribution is 0.0951. The number of halogens is 1. The summed E-state index contributed by atoms with van der Waals surface area (Å²) < 4.78 is 32.5. The van der Waals surface area contributed by atoms with Crippen molar-refractivity contribution in [3.05, 3.63) is 23.8 Å². The van der Waals surface area contributed by atoms with Gasteiger partial charge >= 0.3 is 0 Å². The SMILES string of the molecule is CCN(CC)S(=O)(=O)c1ccc(N2CCOCC2)c(C(=O)NCCCN)c1.Cl. The van der Waals surface area contributed by atoms with Crippen LogP contribution in [-0.4, -0.2) is 71.1 Å². The maximum atomic E-state index is 12.9. The normalized spacial score (nSPS) is 14.6. The Kier molecular flexibility index (Phi) is 10.2. The Balaban J connectivity index is 0.00000392. The Bertz CT molecular complexity index is 735. The highest BCUT2D eigenvalue weighted by Gasteiger charge is 2.26. The summed E-state index contributed by atoms with van der Waals surface area (Å²) in [5, 5.41) is 2.83. The zero-order valence-corrected chi connectivity index (χ0v) is 18.2. The highest BCUT2D eigenvalue weighted by atomic mass is 35.5. The summed E-state index contributed by atoms with van der Waals surface area (Å²) in [7, 11) is -3.64. The van der Waals surface area contributed by atoms with Crippen molar-refractivity contribution in [2.24, 2.45) is 5.73 Å². The molecule has 1 aliphatic rings. The highest BCUT2D eigenvalue weighted by Crippen LogP contribution is 2.26. The molecule has 1 aromatic carbocycles. The van der Waals surface area contributed by atoms with E-state index in [1.54, 1.807) is 26.0 Å². The molecule has 1 saturated heterocycles. The highest BCUT2D eigenvalue weighted by molar-refractivity contribution is 7.89. The molecular weight excluding hydrogens is 404 g/mol. The Morgan fingerprint density at radius 2 is 1.89 bits per heavy atom. The molecule has 28 heavy (non-hydrogen) atoms. The number of nitrogens with zero attached hydrogens (tertiary/aromatic N) is 2. The summed E-state index contributed by atoms with van der Waals surface area (Å²) in [5.74, 6) is -0.290. The Morgan fingerprint density at radius 3 is 2.46 bits per heavy atom. The summed E-state index contributed by atoms with van der Waals surface area (Å²) in [5.41, 5.74) is 6.57. The van der Waals surface area contributed by atoms with Gasteiger partial charge in [-0.2, -0.15) is 4.31 Å². The van der Waals surface area contributed by atoms with Crippen molar-refractivity contribution in [2.45, 2.75) is 25.2 Å². The third-order valence-corrected chi connectivity index (χ3v) is 6.62. The molecule has 0 spiro atoms. The topological polar surface area (TPSA) is 105 Å². The predicted octanol–water partition coefficient (Wildman–Crippen LogP) is 1.05. The maximum Gasteiger partial charge on any atom is 0.253 e. The molecule has 2 rings (SSSR count). The molecule has 0 bridgehead atoms. The van der Waals surface area contributed by atoms with Crippen LogP contribution >= 0.6 is 12.4 Å². The van der Waals surface area contributed by atoms with Crippen LogP contribution in [0.2, 0.25) is 0 Å². The third kappa shape index (κ3) is 5.81. The fourth-order valence-corrected chi connectivity index (χ4v) is 4.53. The second-order valence-corrected chi connectivity index (χ2v) is 8.20. The number of rotatable bonds is 9. The average Bonchev–Trinajstić information content (AvgIpc) is 2.69. The predicted molar refractivity (Wildman–Crippen MR) is 113 cm³/mol. The van der Waals surface area contributed by atoms with Crippen molar-refractivity contribution in [1.29, 1.82) is 0 Å². The molecule has 0 aromatic heterocycles. The first-order chi connectivity index (χ1) is 13.0. The van der Waals surface area contributed by atoms with Gasteiger partial charge in [0.25, 0.3) is 5.91 Å². The molecule has 8 nitrogen and oxygen atoms in total. The van der Waals surface area contributed by atoms with E-state index in [9.17, 15) is 13.2 Å². The van der Waals surface area contributed by atoms with E-state index in [1.165, 1.54) is 10.4 Å². The van der Waals surface area contributed by atoms with Gasteiger partial charge in [-0.3, -0.25) is 4.79 Å². The molecule has 1 aromatic rings. The first kappa shape index (κ1) is 24.6. The van der Waals surface area contributed by atoms with Crippen LogP contribution in [0.4, 0.5) is 5.69 Å². The van der Waals surface area contributed by atoms with Gasteiger partial charge in [0.15, 0.2) is 0 Å². The number of hydrogen-bond donors (Lipinski definition) is 2. The molecule has 0 unspecified atom stereocenters. The van der Waals surface area contributed by atoms with Crippen LogP contribution in [0, 0.1) is 0 Å². The van der Waals surface area contributed by atoms with Crippen molar-refractivity contribution in [3.63, 3.8) is 0 Å². The maximum absolute atomic E-state index is 12.9. The van der Waals surface area contributed by atoms with Crippen molar-refractivity contribution in [2.75, 3.05) is 57.4 Å². The zero-order chi connectivity index (χ0) is 19.9. The molecule has 10 heteroatoms. The van der Waals surface area contributed by atoms with E-state index in [4.69, 9.17) is 10.5 Å². The van der Waals surface area contributed by atoms with Gasteiger partial charge in [-0.25, -0.2) is 8.42 Å². The number of benzene rings is 1. The van der Waals surface area contributed by atoms with Crippen LogP contribution in [0.3, 0.4) is 0 Å². The van der Waals surface area contributed by atoms with Gasteiger partial charge in [0.2, 0.25) is 10.0 Å². The minimum absolute atomic E-state index is 0. The number of nitrogens with one attached hydrogen (secondary N) is 1. The van der Waals surface area contributed by atoms with Crippen LogP contribution in [0.1, 0.15) is 30.6 Å². The fourth-order valence-electron chi connectivity index (χ4n) is 3.05. The summed E-state index contributed by atoms with van der Waals surface area (Å²) >= 11 is 0. The summed E-state index contributed by atoms with van der Waals surface area (Å²) in [4.78, 5) is 14.9. The minimum atomic E-state index is -3.64. The molecule has 0 atom stereocenters. The van der Waals surface area contributed by atoms with Crippen molar-refractivity contribution in [3.8, 4) is 0 Å². The van der Waals surface area contributed by atoms with Gasteiger partial charge in [0, 0.05) is 38.4 Å². The minimum Gasteiger partial charge on any atom is -0.378 e. The summed E-state index contributed by atoms with van der Waals surface area (Å²) in [6.07, 6.45) is 0.663. The molecule has 0 saturated carbocycles. The van der Waals surface area contributed by atoms with Crippen LogP contribution in [0.15, 0.2) is 23.1 Å². The number of ether oxygens (including phenoxy) is 1. The van der Waals surface area contributed by atoms with E-state index in [2.05, 4.69) is 10.2 Å². The molecular formula is C18H31ClN4O4S. The lowest BCUT2D eigenvalue weighted by Crippen LogP contribution is -2.38. The Labute approximate surface area is 173 Å². The number of carbonyl (C=O) groups is 1. The second-order valence-electron chi connectivity index (χ2n) is 6.27. The molecule has 0 aliphatic carbocycles. The number of nitrogens with two attached hydrogens (primary N) is 1. The third-order valence-electron chi connectivity index (χ3n) is 4.57. The molecule has 160 valence electrons. The number of anilines is 1. The number of hydrogen-bond acceptors (Lipinski definition) is 6. The first-order valence-corrected chi connectivity index (χ1v) is 10.8. The van der Waals surface area contributed by atoms with Gasteiger partial charge in [0.05, 0.1) is 23.7 Å². The van der Waals surface area contributed by atoms with Gasteiger partial charge in [-0.1, -0.05) is 13.8 Å². The van der Waals surface area contributed by atoms with Crippen molar-refractivity contribution >= 4 is 34.0 Å². The van der Waals surface area contributed by atoms with Gasteiger partial charge in [-0.05, 0) is 31.2 Å². The molecule has 1 amide bonds. The van der Waals surface area contributed by atoms with E-state index >= 15 is 0 Å². The Hall–Kier alpha value is -1.39. The van der Waals surface area contributed by atoms with Gasteiger partial charge < -0.3 is 20.7 Å². The molecule has 3 N–H and O–H groups in total. The van der Waals surface area contributed by atoms with Crippen molar-refractivity contribution in [1.82, 2.24) is 9.62 Å². The van der Waals surface area contributed by atoms with E-state index in [-0.39, 0.29) is 23.2 Å². The zero-order valence-electron chi connectivity index (χ0n) is 16.5. The monoisotopic (exact) mass is 434 g/mol. The van der Waals surface area contributed by atoms with Crippen molar-refractivity contribution < 1.29 is 17.9 Å². The van der Waals surface area contributed by atoms with Gasteiger partial charge in [-0.15, -0.1) is 12.4 Å². The first-order valence-electron chi connectivity index (χ1n) is 9.40. The average molecular weight is 435 g/mol. The van der Waals surface area contributed by atoms with Crippen LogP contribution in [-0.2, 0) is 14.8 Å². The molecule has 1 aliphatic heterocycles. The molecule has 0 radical (unpaired) electrons. The number of morpholine rings is 1. The van der Waals surface area contributed by atoms with Crippen LogP contribution in [0.25, 0.3) is 0 Å². The number of amides is 1. The molecule has 1 fully saturated rings. The van der Waals surface area contributed by atoms with Gasteiger partial charge in [0.1, 0.15) is 0 Å². The molecule has 1 heterocycles. The Morgan fingerprint density at radius 1 is 1.25 bits per heavy atom. The smallest absolute Gasteiger partial charge is 0.253 e. The van der Waals surface area contributed by atoms with Crippen LogP contribution < -0.4 is 16.0 Å². The number of sulfonamides is 1. The quantitative estimate of drug-likeness (QED) is 0.563. The lowest BCUT2D eigenvalue weighted by Gasteiger charge is -2.30. The van der Waals surface area contributed by atoms with E-state index in [0.29, 0.717) is 64.5 Å². The summed E-state index contributed by atoms with van der Waals surface area (Å²) in [6, 6.07) is 4.78. The standard InChI is InChI=1S/C18H30N4O4S.ClH/c1-3-22(4-2)27(24,25)15-6-7-17(21-10-12-26-13-11-21)16(14-15)18(23)20-9-5-8-19;/h6-7,14H,3-5,8-13,19H2,1-2H3,(H,20,23);1H. The largest absolute Gasteiger partial charge is 0.378 e.